The number of rotatable bonds is 1. The fourth-order valence-corrected chi connectivity index (χ4v) is 7.41. The summed E-state index contributed by atoms with van der Waals surface area (Å²) in [5, 5.41) is 38.1. The largest absolute Gasteiger partial charge is 0.504 e. The van der Waals surface area contributed by atoms with Crippen LogP contribution in [0.4, 0.5) is 0 Å². The van der Waals surface area contributed by atoms with Crippen molar-refractivity contribution >= 4 is 0 Å². The molecule has 2 aliphatic carbocycles. The zero-order valence-corrected chi connectivity index (χ0v) is 18.5. The lowest BCUT2D eigenvalue weighted by atomic mass is 9.39. The van der Waals surface area contributed by atoms with Gasteiger partial charge in [-0.1, -0.05) is 33.8 Å². The second kappa shape index (κ2) is 5.30. The highest BCUT2D eigenvalue weighted by molar-refractivity contribution is 5.62. The van der Waals surface area contributed by atoms with Crippen molar-refractivity contribution in [3.63, 3.8) is 0 Å². The van der Waals surface area contributed by atoms with Gasteiger partial charge in [-0.3, -0.25) is 0 Å². The molecular formula is C24H35NO4. The molecular weight excluding hydrogens is 366 g/mol. The van der Waals surface area contributed by atoms with Gasteiger partial charge in [-0.05, 0) is 62.1 Å². The monoisotopic (exact) mass is 401 g/mol. The minimum atomic E-state index is -1.24. The topological polar surface area (TPSA) is 82.0 Å². The number of phenols is 1. The number of phenolic OH excluding ortho intramolecular Hbond substituents is 1. The molecule has 1 spiro atoms. The summed E-state index contributed by atoms with van der Waals surface area (Å²) in [7, 11) is 0. The van der Waals surface area contributed by atoms with Crippen LogP contribution in [0.3, 0.4) is 0 Å². The highest BCUT2D eigenvalue weighted by Gasteiger charge is 2.76. The second-order valence-electron chi connectivity index (χ2n) is 11.7. The van der Waals surface area contributed by atoms with Crippen molar-refractivity contribution in [2.24, 2.45) is 16.7 Å². The van der Waals surface area contributed by atoms with E-state index >= 15 is 0 Å². The van der Waals surface area contributed by atoms with Crippen LogP contribution in [0, 0.1) is 16.7 Å². The molecule has 160 valence electrons. The number of benzene rings is 1. The Hall–Kier alpha value is -1.30. The van der Waals surface area contributed by atoms with Gasteiger partial charge in [-0.2, -0.15) is 0 Å². The Balaban J connectivity index is 1.78. The van der Waals surface area contributed by atoms with E-state index in [1.807, 2.05) is 40.7 Å². The molecule has 2 heterocycles. The van der Waals surface area contributed by atoms with Gasteiger partial charge >= 0.3 is 0 Å². The quantitative estimate of drug-likeness (QED) is 0.582. The molecule has 5 nitrogen and oxygen atoms in total. The van der Waals surface area contributed by atoms with Gasteiger partial charge in [0.15, 0.2) is 11.5 Å². The van der Waals surface area contributed by atoms with E-state index in [1.54, 1.807) is 6.07 Å². The lowest BCUT2D eigenvalue weighted by Crippen LogP contribution is -2.78. The number of hydrogen-bond acceptors (Lipinski definition) is 5. The molecule has 29 heavy (non-hydrogen) atoms. The van der Waals surface area contributed by atoms with Crippen molar-refractivity contribution in [1.82, 2.24) is 5.32 Å². The van der Waals surface area contributed by atoms with Crippen molar-refractivity contribution in [2.75, 3.05) is 6.54 Å². The van der Waals surface area contributed by atoms with Crippen LogP contribution in [-0.4, -0.2) is 45.2 Å². The van der Waals surface area contributed by atoms with Crippen LogP contribution in [0.5, 0.6) is 11.5 Å². The number of ether oxygens (including phenoxy) is 1. The van der Waals surface area contributed by atoms with Crippen LogP contribution in [0.15, 0.2) is 12.1 Å². The van der Waals surface area contributed by atoms with E-state index in [-0.39, 0.29) is 28.5 Å². The Morgan fingerprint density at radius 2 is 1.86 bits per heavy atom. The lowest BCUT2D eigenvalue weighted by molar-refractivity contribution is -0.253. The molecule has 4 N–H and O–H groups in total. The molecule has 2 fully saturated rings. The first-order valence-corrected chi connectivity index (χ1v) is 11.0. The molecule has 0 radical (unpaired) electrons. The minimum Gasteiger partial charge on any atom is -0.504 e. The third-order valence-electron chi connectivity index (χ3n) is 9.54. The summed E-state index contributed by atoms with van der Waals surface area (Å²) < 4.78 is 6.49. The van der Waals surface area contributed by atoms with Crippen LogP contribution in [-0.2, 0) is 11.8 Å². The van der Waals surface area contributed by atoms with Crippen LogP contribution >= 0.6 is 0 Å². The Kier molecular flexibility index (Phi) is 3.59. The smallest absolute Gasteiger partial charge is 0.165 e. The standard InChI is InChI=1S/C24H35NO4/c1-20(2,3)23(6,28)15-12-21(4)16-11-13-7-8-14(26)18-17(13)24(21,9-10-25-16)19(29-18)22(15,5)27/h7-8,15-16,19,25-28H,9-12H2,1-6H3/t15-,16+,19-,21+,22+,23?,24-/m0/s1. The molecule has 5 rings (SSSR count). The summed E-state index contributed by atoms with van der Waals surface area (Å²) in [6.07, 6.45) is 1.94. The third-order valence-corrected chi connectivity index (χ3v) is 9.54. The van der Waals surface area contributed by atoms with Gasteiger partial charge in [0.05, 0.1) is 5.60 Å². The zero-order valence-electron chi connectivity index (χ0n) is 18.5. The van der Waals surface area contributed by atoms with E-state index in [0.29, 0.717) is 12.2 Å². The SMILES string of the molecule is CC(C)(C)C(C)(O)[C@H]1C[C@]2(C)[C@H]3Cc4ccc(O)c5c4[C@@]2(CCN3)[C@@H](O5)[C@]1(C)O. The number of aromatic hydroxyl groups is 1. The first-order chi connectivity index (χ1) is 13.3. The number of piperidine rings is 1. The van der Waals surface area contributed by atoms with E-state index in [9.17, 15) is 15.3 Å². The van der Waals surface area contributed by atoms with Crippen molar-refractivity contribution in [3.8, 4) is 11.5 Å². The van der Waals surface area contributed by atoms with Gasteiger partial charge in [0, 0.05) is 22.9 Å². The number of hydrogen-bond donors (Lipinski definition) is 4. The van der Waals surface area contributed by atoms with Crippen LogP contribution in [0.1, 0.15) is 65.5 Å². The first kappa shape index (κ1) is 19.7. The van der Waals surface area contributed by atoms with Gasteiger partial charge in [0.1, 0.15) is 11.7 Å². The molecule has 5 heteroatoms. The zero-order chi connectivity index (χ0) is 21.2. The number of aliphatic hydroxyl groups is 2. The maximum absolute atomic E-state index is 12.0. The maximum atomic E-state index is 12.0. The van der Waals surface area contributed by atoms with Gasteiger partial charge < -0.3 is 25.4 Å². The molecule has 1 aromatic rings. The Morgan fingerprint density at radius 3 is 2.52 bits per heavy atom. The lowest BCUT2D eigenvalue weighted by Gasteiger charge is -2.68. The summed E-state index contributed by atoms with van der Waals surface area (Å²) >= 11 is 0. The van der Waals surface area contributed by atoms with E-state index in [1.165, 1.54) is 5.56 Å². The number of nitrogens with one attached hydrogen (secondary N) is 1. The van der Waals surface area contributed by atoms with E-state index in [0.717, 1.165) is 24.9 Å². The molecule has 0 amide bonds. The minimum absolute atomic E-state index is 0.154. The highest BCUT2D eigenvalue weighted by Crippen LogP contribution is 2.71. The predicted octanol–water partition coefficient (Wildman–Crippen LogP) is 2.88. The van der Waals surface area contributed by atoms with Gasteiger partial charge in [0.2, 0.25) is 0 Å². The van der Waals surface area contributed by atoms with Crippen molar-refractivity contribution in [3.05, 3.63) is 23.3 Å². The van der Waals surface area contributed by atoms with Crippen LogP contribution in [0.2, 0.25) is 0 Å². The molecule has 4 aliphatic rings. The molecule has 2 bridgehead atoms. The summed E-state index contributed by atoms with van der Waals surface area (Å²) in [5.41, 5.74) is -0.960. The predicted molar refractivity (Wildman–Crippen MR) is 111 cm³/mol. The van der Waals surface area contributed by atoms with Crippen molar-refractivity contribution in [1.29, 1.82) is 0 Å². The van der Waals surface area contributed by atoms with E-state index < -0.39 is 22.7 Å². The van der Waals surface area contributed by atoms with Crippen LogP contribution in [0.25, 0.3) is 0 Å². The Labute approximate surface area is 173 Å². The third kappa shape index (κ3) is 2.02. The van der Waals surface area contributed by atoms with Gasteiger partial charge in [-0.25, -0.2) is 0 Å². The fourth-order valence-electron chi connectivity index (χ4n) is 7.41. The molecule has 1 unspecified atom stereocenters. The second-order valence-corrected chi connectivity index (χ2v) is 11.7. The summed E-state index contributed by atoms with van der Waals surface area (Å²) in [6.45, 7) is 13.0. The van der Waals surface area contributed by atoms with Crippen molar-refractivity contribution in [2.45, 2.75) is 89.6 Å². The molecule has 1 saturated carbocycles. The summed E-state index contributed by atoms with van der Waals surface area (Å²) in [4.78, 5) is 0. The molecule has 0 aromatic heterocycles. The molecule has 2 aliphatic heterocycles. The average molecular weight is 402 g/mol. The van der Waals surface area contributed by atoms with Crippen molar-refractivity contribution < 1.29 is 20.1 Å². The summed E-state index contributed by atoms with van der Waals surface area (Å²) in [6, 6.07) is 3.99. The molecule has 7 atom stereocenters. The Bertz CT molecular complexity index is 886. The first-order valence-electron chi connectivity index (χ1n) is 11.0. The normalized spacial score (nSPS) is 44.6. The van der Waals surface area contributed by atoms with Gasteiger partial charge in [0.25, 0.3) is 0 Å². The Morgan fingerprint density at radius 1 is 1.17 bits per heavy atom. The summed E-state index contributed by atoms with van der Waals surface area (Å²) in [5.74, 6) is 0.343. The highest BCUT2D eigenvalue weighted by atomic mass is 16.5. The fraction of sp³-hybridized carbons (Fsp3) is 0.750. The van der Waals surface area contributed by atoms with Crippen LogP contribution < -0.4 is 10.1 Å². The maximum Gasteiger partial charge on any atom is 0.165 e. The molecule has 1 aromatic carbocycles. The van der Waals surface area contributed by atoms with Gasteiger partial charge in [-0.15, -0.1) is 0 Å². The molecule has 1 saturated heterocycles. The van der Waals surface area contributed by atoms with E-state index in [4.69, 9.17) is 4.74 Å². The van der Waals surface area contributed by atoms with E-state index in [2.05, 4.69) is 12.2 Å². The average Bonchev–Trinajstić information content (AvgIpc) is 2.94.